The van der Waals surface area contributed by atoms with Crippen molar-refractivity contribution < 1.29 is 17.9 Å². The standard InChI is InChI=1S/C19H23N3O4S2/c1-26-16-6-8-17(9-7-16)28(24,25)22-11-3-4-14(13-22)19(23)21-15-5-10-18(27-2)20-12-15/h5-10,12,14H,3-4,11,13H2,1-2H3,(H,21,23). The molecule has 1 aromatic carbocycles. The lowest BCUT2D eigenvalue weighted by Gasteiger charge is -2.31. The van der Waals surface area contributed by atoms with Crippen LogP contribution in [-0.4, -0.2) is 50.1 Å². The number of carbonyl (C=O) groups excluding carboxylic acids is 1. The zero-order valence-electron chi connectivity index (χ0n) is 15.8. The van der Waals surface area contributed by atoms with Gasteiger partial charge in [0.15, 0.2) is 0 Å². The average Bonchev–Trinajstić information content (AvgIpc) is 2.74. The van der Waals surface area contributed by atoms with E-state index in [2.05, 4.69) is 10.3 Å². The summed E-state index contributed by atoms with van der Waals surface area (Å²) in [6.45, 7) is 0.568. The molecule has 28 heavy (non-hydrogen) atoms. The Labute approximate surface area is 169 Å². The highest BCUT2D eigenvalue weighted by atomic mass is 32.2. The predicted molar refractivity (Wildman–Crippen MR) is 109 cm³/mol. The highest BCUT2D eigenvalue weighted by Gasteiger charge is 2.33. The van der Waals surface area contributed by atoms with E-state index in [4.69, 9.17) is 4.74 Å². The Morgan fingerprint density at radius 1 is 1.25 bits per heavy atom. The van der Waals surface area contributed by atoms with Crippen molar-refractivity contribution in [3.63, 3.8) is 0 Å². The summed E-state index contributed by atoms with van der Waals surface area (Å²) in [6.07, 6.45) is 4.83. The number of amides is 1. The molecule has 0 radical (unpaired) electrons. The molecule has 9 heteroatoms. The molecule has 1 aromatic heterocycles. The molecule has 1 aliphatic rings. The molecule has 1 unspecified atom stereocenters. The van der Waals surface area contributed by atoms with Gasteiger partial charge in [-0.3, -0.25) is 4.79 Å². The van der Waals surface area contributed by atoms with E-state index in [-0.39, 0.29) is 17.3 Å². The Kier molecular flexibility index (Phi) is 6.58. The van der Waals surface area contributed by atoms with Crippen LogP contribution in [-0.2, 0) is 14.8 Å². The molecule has 1 amide bonds. The number of pyridine rings is 1. The summed E-state index contributed by atoms with van der Waals surface area (Å²) in [6, 6.07) is 9.92. The number of hydrogen-bond acceptors (Lipinski definition) is 6. The number of rotatable bonds is 6. The summed E-state index contributed by atoms with van der Waals surface area (Å²) in [5.74, 6) is 0.00582. The highest BCUT2D eigenvalue weighted by Crippen LogP contribution is 2.26. The lowest BCUT2D eigenvalue weighted by atomic mass is 9.99. The molecule has 0 aliphatic carbocycles. The van der Waals surface area contributed by atoms with Crippen molar-refractivity contribution in [3.05, 3.63) is 42.6 Å². The SMILES string of the molecule is COc1ccc(S(=O)(=O)N2CCCC(C(=O)Nc3ccc(SC)nc3)C2)cc1. The number of carbonyl (C=O) groups is 1. The van der Waals surface area contributed by atoms with E-state index in [1.54, 1.807) is 24.4 Å². The minimum Gasteiger partial charge on any atom is -0.497 e. The van der Waals surface area contributed by atoms with Crippen LogP contribution >= 0.6 is 11.8 Å². The summed E-state index contributed by atoms with van der Waals surface area (Å²) < 4.78 is 32.3. The minimum atomic E-state index is -3.65. The second-order valence-corrected chi connectivity index (χ2v) is 9.22. The minimum absolute atomic E-state index is 0.163. The zero-order valence-corrected chi connectivity index (χ0v) is 17.4. The number of methoxy groups -OCH3 is 1. The third-order valence-corrected chi connectivity index (χ3v) is 7.20. The van der Waals surface area contributed by atoms with Gasteiger partial charge in [0.25, 0.3) is 0 Å². The first-order valence-corrected chi connectivity index (χ1v) is 11.6. The van der Waals surface area contributed by atoms with Crippen molar-refractivity contribution in [2.75, 3.05) is 31.8 Å². The number of ether oxygens (including phenoxy) is 1. The molecule has 3 rings (SSSR count). The fraction of sp³-hybridized carbons (Fsp3) is 0.368. The monoisotopic (exact) mass is 421 g/mol. The van der Waals surface area contributed by atoms with Crippen LogP contribution in [0.4, 0.5) is 5.69 Å². The van der Waals surface area contributed by atoms with Crippen LogP contribution in [0, 0.1) is 5.92 Å². The van der Waals surface area contributed by atoms with Gasteiger partial charge in [-0.25, -0.2) is 13.4 Å². The summed E-state index contributed by atoms with van der Waals surface area (Å²) in [7, 11) is -2.12. The summed E-state index contributed by atoms with van der Waals surface area (Å²) in [5, 5.41) is 3.71. The number of aromatic nitrogens is 1. The number of nitrogens with zero attached hydrogens (tertiary/aromatic N) is 2. The van der Waals surface area contributed by atoms with Crippen molar-refractivity contribution in [1.82, 2.24) is 9.29 Å². The van der Waals surface area contributed by atoms with Crippen molar-refractivity contribution >= 4 is 33.4 Å². The first-order valence-electron chi connectivity index (χ1n) is 8.89. The van der Waals surface area contributed by atoms with E-state index in [9.17, 15) is 13.2 Å². The molecule has 7 nitrogen and oxygen atoms in total. The van der Waals surface area contributed by atoms with Gasteiger partial charge in [0.1, 0.15) is 5.75 Å². The first kappa shape index (κ1) is 20.6. The van der Waals surface area contributed by atoms with Gasteiger partial charge in [0.05, 0.1) is 34.8 Å². The summed E-state index contributed by atoms with van der Waals surface area (Å²) in [5.41, 5.74) is 0.609. The highest BCUT2D eigenvalue weighted by molar-refractivity contribution is 7.98. The molecular formula is C19H23N3O4S2. The van der Waals surface area contributed by atoms with E-state index in [0.29, 0.717) is 30.8 Å². The predicted octanol–water partition coefficient (Wildman–Crippen LogP) is 2.85. The number of thioether (sulfide) groups is 1. The molecule has 2 aromatic rings. The van der Waals surface area contributed by atoms with Crippen LogP contribution in [0.3, 0.4) is 0 Å². The van der Waals surface area contributed by atoms with Crippen LogP contribution in [0.15, 0.2) is 52.5 Å². The average molecular weight is 422 g/mol. The van der Waals surface area contributed by atoms with Crippen LogP contribution in [0.1, 0.15) is 12.8 Å². The molecule has 1 N–H and O–H groups in total. The lowest BCUT2D eigenvalue weighted by molar-refractivity contribution is -0.120. The van der Waals surface area contributed by atoms with Crippen molar-refractivity contribution in [3.8, 4) is 5.75 Å². The fourth-order valence-electron chi connectivity index (χ4n) is 3.09. The topological polar surface area (TPSA) is 88.6 Å². The Morgan fingerprint density at radius 3 is 2.61 bits per heavy atom. The number of piperidine rings is 1. The Bertz CT molecular complexity index is 915. The third kappa shape index (κ3) is 4.65. The van der Waals surface area contributed by atoms with Gasteiger partial charge >= 0.3 is 0 Å². The van der Waals surface area contributed by atoms with Gasteiger partial charge in [-0.2, -0.15) is 4.31 Å². The first-order chi connectivity index (χ1) is 13.4. The summed E-state index contributed by atoms with van der Waals surface area (Å²) in [4.78, 5) is 17.1. The Hall–Kier alpha value is -2.10. The molecule has 0 saturated carbocycles. The van der Waals surface area contributed by atoms with Gasteiger partial charge in [0.2, 0.25) is 15.9 Å². The molecule has 0 bridgehead atoms. The van der Waals surface area contributed by atoms with E-state index in [0.717, 1.165) is 5.03 Å². The van der Waals surface area contributed by atoms with E-state index in [1.807, 2.05) is 12.3 Å². The molecule has 150 valence electrons. The maximum absolute atomic E-state index is 12.9. The number of hydrogen-bond donors (Lipinski definition) is 1. The number of benzene rings is 1. The van der Waals surface area contributed by atoms with E-state index >= 15 is 0 Å². The molecule has 0 spiro atoms. The number of nitrogens with one attached hydrogen (secondary N) is 1. The van der Waals surface area contributed by atoms with Crippen molar-refractivity contribution in [1.29, 1.82) is 0 Å². The second kappa shape index (κ2) is 8.93. The molecule has 1 atom stereocenters. The second-order valence-electron chi connectivity index (χ2n) is 6.46. The Balaban J connectivity index is 1.68. The molecule has 1 fully saturated rings. The fourth-order valence-corrected chi connectivity index (χ4v) is 4.98. The molecule has 1 aliphatic heterocycles. The molecule has 1 saturated heterocycles. The molecule has 2 heterocycles. The van der Waals surface area contributed by atoms with Crippen LogP contribution < -0.4 is 10.1 Å². The van der Waals surface area contributed by atoms with E-state index < -0.39 is 15.9 Å². The number of sulfonamides is 1. The van der Waals surface area contributed by atoms with Gasteiger partial charge in [-0.05, 0) is 55.5 Å². The maximum atomic E-state index is 12.9. The van der Waals surface area contributed by atoms with Gasteiger partial charge < -0.3 is 10.1 Å². The lowest BCUT2D eigenvalue weighted by Crippen LogP contribution is -2.43. The number of anilines is 1. The van der Waals surface area contributed by atoms with Crippen LogP contribution in [0.25, 0.3) is 0 Å². The largest absolute Gasteiger partial charge is 0.497 e. The smallest absolute Gasteiger partial charge is 0.243 e. The van der Waals surface area contributed by atoms with Gasteiger partial charge in [-0.1, -0.05) is 0 Å². The van der Waals surface area contributed by atoms with Crippen LogP contribution in [0.5, 0.6) is 5.75 Å². The van der Waals surface area contributed by atoms with Crippen molar-refractivity contribution in [2.45, 2.75) is 22.8 Å². The maximum Gasteiger partial charge on any atom is 0.243 e. The van der Waals surface area contributed by atoms with E-state index in [1.165, 1.54) is 35.3 Å². The van der Waals surface area contributed by atoms with Crippen molar-refractivity contribution in [2.24, 2.45) is 5.92 Å². The van der Waals surface area contributed by atoms with Gasteiger partial charge in [-0.15, -0.1) is 11.8 Å². The summed E-state index contributed by atoms with van der Waals surface area (Å²) >= 11 is 1.52. The molecular weight excluding hydrogens is 398 g/mol. The zero-order chi connectivity index (χ0) is 20.1. The Morgan fingerprint density at radius 2 is 2.00 bits per heavy atom. The van der Waals surface area contributed by atoms with Gasteiger partial charge in [0, 0.05) is 13.1 Å². The van der Waals surface area contributed by atoms with Crippen LogP contribution in [0.2, 0.25) is 0 Å². The quantitative estimate of drug-likeness (QED) is 0.722. The normalized spacial score (nSPS) is 17.9. The third-order valence-electron chi connectivity index (χ3n) is 4.67.